The van der Waals surface area contributed by atoms with Crippen LogP contribution in [0.15, 0.2) is 18.2 Å². The van der Waals surface area contributed by atoms with Crippen molar-refractivity contribution in [1.29, 1.82) is 0 Å². The minimum Gasteiger partial charge on any atom is -0.480 e. The van der Waals surface area contributed by atoms with Gasteiger partial charge in [0.25, 0.3) is 0 Å². The Morgan fingerprint density at radius 2 is 2.19 bits per heavy atom. The Labute approximate surface area is 131 Å². The molecule has 0 aliphatic rings. The highest BCUT2D eigenvalue weighted by molar-refractivity contribution is 7.98. The number of amides is 2. The standard InChI is InChI=1S/C13H16ClFN2O3S/c1-21-6-5-10(12(18)19)17-13(20)16-7-8-3-2-4-9(14)11(8)15/h2-4,10H,5-7H2,1H3,(H,18,19)(H2,16,17,20). The van der Waals surface area contributed by atoms with Crippen molar-refractivity contribution in [3.8, 4) is 0 Å². The Balaban J connectivity index is 2.52. The third-order valence-electron chi connectivity index (χ3n) is 2.69. The van der Waals surface area contributed by atoms with Gasteiger partial charge in [0, 0.05) is 12.1 Å². The number of carbonyl (C=O) groups excluding carboxylic acids is 1. The van der Waals surface area contributed by atoms with Gasteiger partial charge in [0.05, 0.1) is 5.02 Å². The Morgan fingerprint density at radius 3 is 2.81 bits per heavy atom. The highest BCUT2D eigenvalue weighted by atomic mass is 35.5. The zero-order valence-electron chi connectivity index (χ0n) is 11.4. The predicted molar refractivity (Wildman–Crippen MR) is 81.2 cm³/mol. The lowest BCUT2D eigenvalue weighted by molar-refractivity contribution is -0.139. The molecule has 0 aliphatic carbocycles. The van der Waals surface area contributed by atoms with E-state index < -0.39 is 23.9 Å². The maximum atomic E-state index is 13.6. The molecule has 1 aromatic rings. The summed E-state index contributed by atoms with van der Waals surface area (Å²) in [5, 5.41) is 13.7. The van der Waals surface area contributed by atoms with Gasteiger partial charge >= 0.3 is 12.0 Å². The van der Waals surface area contributed by atoms with Crippen LogP contribution in [0.3, 0.4) is 0 Å². The maximum Gasteiger partial charge on any atom is 0.326 e. The molecule has 0 aliphatic heterocycles. The van der Waals surface area contributed by atoms with Crippen LogP contribution in [0.2, 0.25) is 5.02 Å². The summed E-state index contributed by atoms with van der Waals surface area (Å²) in [6.45, 7) is -0.0763. The van der Waals surface area contributed by atoms with Gasteiger partial charge < -0.3 is 15.7 Å². The van der Waals surface area contributed by atoms with Crippen molar-refractivity contribution < 1.29 is 19.1 Å². The smallest absolute Gasteiger partial charge is 0.326 e. The Hall–Kier alpha value is -1.47. The number of rotatable bonds is 7. The molecule has 0 heterocycles. The average molecular weight is 335 g/mol. The molecule has 1 aromatic carbocycles. The van der Waals surface area contributed by atoms with Crippen molar-refractivity contribution in [2.24, 2.45) is 0 Å². The number of hydrogen-bond donors (Lipinski definition) is 3. The summed E-state index contributed by atoms with van der Waals surface area (Å²) in [5.74, 6) is -1.09. The fourth-order valence-electron chi connectivity index (χ4n) is 1.56. The topological polar surface area (TPSA) is 78.4 Å². The fourth-order valence-corrected chi connectivity index (χ4v) is 2.23. The highest BCUT2D eigenvalue weighted by Gasteiger charge is 2.19. The number of hydrogen-bond acceptors (Lipinski definition) is 3. The van der Waals surface area contributed by atoms with Crippen LogP contribution in [0.4, 0.5) is 9.18 Å². The van der Waals surface area contributed by atoms with E-state index in [4.69, 9.17) is 16.7 Å². The average Bonchev–Trinajstić information content (AvgIpc) is 2.44. The predicted octanol–water partition coefficient (Wildman–Crippen LogP) is 2.48. The normalized spacial score (nSPS) is 11.8. The van der Waals surface area contributed by atoms with Crippen LogP contribution < -0.4 is 10.6 Å². The number of thioether (sulfide) groups is 1. The molecule has 0 fully saturated rings. The number of carboxylic acid groups (broad SMARTS) is 1. The Morgan fingerprint density at radius 1 is 1.48 bits per heavy atom. The molecule has 5 nitrogen and oxygen atoms in total. The molecule has 0 saturated heterocycles. The molecule has 0 bridgehead atoms. The first-order valence-corrected chi connectivity index (χ1v) is 7.92. The lowest BCUT2D eigenvalue weighted by atomic mass is 10.2. The number of nitrogens with one attached hydrogen (secondary N) is 2. The second-order valence-corrected chi connectivity index (χ2v) is 5.61. The first-order chi connectivity index (χ1) is 9.95. The molecule has 2 amide bonds. The summed E-state index contributed by atoms with van der Waals surface area (Å²) in [6.07, 6.45) is 2.16. The number of carboxylic acids is 1. The molecule has 0 aromatic heterocycles. The summed E-state index contributed by atoms with van der Waals surface area (Å²) >= 11 is 7.12. The van der Waals surface area contributed by atoms with Gasteiger partial charge in [0.15, 0.2) is 0 Å². The maximum absolute atomic E-state index is 13.6. The zero-order valence-corrected chi connectivity index (χ0v) is 12.9. The van der Waals surface area contributed by atoms with Crippen molar-refractivity contribution in [2.75, 3.05) is 12.0 Å². The number of carbonyl (C=O) groups is 2. The van der Waals surface area contributed by atoms with E-state index in [9.17, 15) is 14.0 Å². The third-order valence-corrected chi connectivity index (χ3v) is 3.62. The lowest BCUT2D eigenvalue weighted by Crippen LogP contribution is -2.46. The van der Waals surface area contributed by atoms with Crippen LogP contribution in [0, 0.1) is 5.82 Å². The zero-order chi connectivity index (χ0) is 15.8. The number of benzene rings is 1. The van der Waals surface area contributed by atoms with E-state index in [1.165, 1.54) is 23.9 Å². The van der Waals surface area contributed by atoms with Crippen molar-refractivity contribution in [3.63, 3.8) is 0 Å². The van der Waals surface area contributed by atoms with E-state index in [1.807, 2.05) is 6.26 Å². The molecule has 0 saturated carbocycles. The van der Waals surface area contributed by atoms with Crippen LogP contribution in [-0.2, 0) is 11.3 Å². The van der Waals surface area contributed by atoms with Crippen LogP contribution in [0.1, 0.15) is 12.0 Å². The van der Waals surface area contributed by atoms with Crippen LogP contribution >= 0.6 is 23.4 Å². The molecule has 21 heavy (non-hydrogen) atoms. The van der Waals surface area contributed by atoms with Gasteiger partial charge in [-0.2, -0.15) is 11.8 Å². The van der Waals surface area contributed by atoms with E-state index in [2.05, 4.69) is 10.6 Å². The molecular formula is C13H16ClFN2O3S. The summed E-state index contributed by atoms with van der Waals surface area (Å²) in [7, 11) is 0. The minimum atomic E-state index is -1.10. The number of aliphatic carboxylic acids is 1. The van der Waals surface area contributed by atoms with Gasteiger partial charge in [-0.1, -0.05) is 23.7 Å². The van der Waals surface area contributed by atoms with E-state index in [-0.39, 0.29) is 17.1 Å². The second kappa shape index (κ2) is 8.74. The molecule has 0 radical (unpaired) electrons. The molecule has 116 valence electrons. The molecule has 3 N–H and O–H groups in total. The van der Waals surface area contributed by atoms with E-state index in [0.29, 0.717) is 12.2 Å². The van der Waals surface area contributed by atoms with Crippen molar-refractivity contribution in [2.45, 2.75) is 19.0 Å². The molecule has 1 atom stereocenters. The summed E-state index contributed by atoms with van der Waals surface area (Å²) in [4.78, 5) is 22.6. The third kappa shape index (κ3) is 5.81. The summed E-state index contributed by atoms with van der Waals surface area (Å²) in [6, 6.07) is 2.83. The molecule has 1 rings (SSSR count). The fraction of sp³-hybridized carbons (Fsp3) is 0.385. The molecule has 0 spiro atoms. The second-order valence-electron chi connectivity index (χ2n) is 4.21. The van der Waals surface area contributed by atoms with Crippen LogP contribution in [0.25, 0.3) is 0 Å². The quantitative estimate of drug-likeness (QED) is 0.716. The van der Waals surface area contributed by atoms with Gasteiger partial charge in [0.1, 0.15) is 11.9 Å². The Kier molecular flexibility index (Phi) is 7.31. The highest BCUT2D eigenvalue weighted by Crippen LogP contribution is 2.17. The summed E-state index contributed by atoms with van der Waals surface area (Å²) < 4.78 is 13.6. The van der Waals surface area contributed by atoms with Crippen LogP contribution in [-0.4, -0.2) is 35.2 Å². The number of halogens is 2. The van der Waals surface area contributed by atoms with Crippen molar-refractivity contribution in [1.82, 2.24) is 10.6 Å². The van der Waals surface area contributed by atoms with E-state index >= 15 is 0 Å². The van der Waals surface area contributed by atoms with Crippen LogP contribution in [0.5, 0.6) is 0 Å². The minimum absolute atomic E-state index is 0.0295. The van der Waals surface area contributed by atoms with Gasteiger partial charge in [0.2, 0.25) is 0 Å². The molecule has 8 heteroatoms. The van der Waals surface area contributed by atoms with Gasteiger partial charge in [-0.3, -0.25) is 0 Å². The van der Waals surface area contributed by atoms with E-state index in [0.717, 1.165) is 0 Å². The number of urea groups is 1. The van der Waals surface area contributed by atoms with Crippen molar-refractivity contribution in [3.05, 3.63) is 34.6 Å². The first kappa shape index (κ1) is 17.6. The monoisotopic (exact) mass is 334 g/mol. The van der Waals surface area contributed by atoms with Gasteiger partial charge in [-0.15, -0.1) is 0 Å². The largest absolute Gasteiger partial charge is 0.480 e. The van der Waals surface area contributed by atoms with Crippen molar-refractivity contribution >= 4 is 35.4 Å². The van der Waals surface area contributed by atoms with E-state index in [1.54, 1.807) is 6.07 Å². The SMILES string of the molecule is CSCCC(NC(=O)NCc1cccc(Cl)c1F)C(=O)O. The summed E-state index contributed by atoms with van der Waals surface area (Å²) in [5.41, 5.74) is 0.230. The molecule has 1 unspecified atom stereocenters. The first-order valence-electron chi connectivity index (χ1n) is 6.14. The Bertz CT molecular complexity index is 516. The lowest BCUT2D eigenvalue weighted by Gasteiger charge is -2.15. The van der Waals surface area contributed by atoms with Gasteiger partial charge in [-0.05, 0) is 24.5 Å². The van der Waals surface area contributed by atoms with Gasteiger partial charge in [-0.25, -0.2) is 14.0 Å². The molecular weight excluding hydrogens is 319 g/mol.